The Morgan fingerprint density at radius 1 is 0.575 bits per heavy atom. The van der Waals surface area contributed by atoms with E-state index in [1.807, 2.05) is 97.9 Å². The molecule has 26 nitrogen and oxygen atoms in total. The number of halogens is 2. The summed E-state index contributed by atoms with van der Waals surface area (Å²) in [6.45, 7) is 6.07. The van der Waals surface area contributed by atoms with Crippen molar-refractivity contribution in [1.82, 2.24) is 74.8 Å². The summed E-state index contributed by atoms with van der Waals surface area (Å²) in [5.41, 5.74) is 21.7. The summed E-state index contributed by atoms with van der Waals surface area (Å²) < 4.78 is 48.6. The van der Waals surface area contributed by atoms with Crippen LogP contribution in [0.1, 0.15) is 23.1 Å². The highest BCUT2D eigenvalue weighted by Gasteiger charge is 2.44. The lowest BCUT2D eigenvalue weighted by Gasteiger charge is -2.22. The SMILES string of the molecule is CCS(=O)(=O)N1CC2CN(c3cnc(N)c(-c4nnc(-c5ccccc5)o4)n3)CC2C1.COC(=O)c1nccnc1N.Cc1ncc(Br)nc1-c1nnc(-c2ccccc2)o1.Nc1ncc(Br)nc1-c1nnc(-c2ccccc2)o1. The molecule has 0 bridgehead atoms. The van der Waals surface area contributed by atoms with E-state index in [0.29, 0.717) is 68.8 Å². The lowest BCUT2D eigenvalue weighted by atomic mass is 10.0. The van der Waals surface area contributed by atoms with Crippen molar-refractivity contribution in [1.29, 1.82) is 0 Å². The number of esters is 1. The van der Waals surface area contributed by atoms with E-state index in [4.69, 9.17) is 30.5 Å². The molecule has 7 aromatic heterocycles. The zero-order valence-corrected chi connectivity index (χ0v) is 46.6. The minimum Gasteiger partial charge on any atom is -0.464 e. The van der Waals surface area contributed by atoms with Crippen LogP contribution in [-0.2, 0) is 14.8 Å². The Bertz CT molecular complexity index is 3700. The average Bonchev–Trinajstić information content (AvgIpc) is 4.41. The third kappa shape index (κ3) is 13.3. The molecule has 10 aromatic rings. The Kier molecular flexibility index (Phi) is 17.5. The Morgan fingerprint density at radius 2 is 1.00 bits per heavy atom. The number of aryl methyl sites for hydroxylation is 1. The number of aromatic nitrogens is 14. The molecule has 29 heteroatoms. The highest BCUT2D eigenvalue weighted by molar-refractivity contribution is 9.10. The van der Waals surface area contributed by atoms with Crippen LogP contribution in [0.15, 0.2) is 144 Å². The molecule has 0 saturated carbocycles. The van der Waals surface area contributed by atoms with Crippen LogP contribution in [0.5, 0.6) is 0 Å². The first-order valence-electron chi connectivity index (χ1n) is 24.1. The van der Waals surface area contributed by atoms with Gasteiger partial charge in [-0.3, -0.25) is 4.98 Å². The molecule has 2 fully saturated rings. The van der Waals surface area contributed by atoms with Crippen molar-refractivity contribution in [3.8, 4) is 69.1 Å². The van der Waals surface area contributed by atoms with Gasteiger partial charge >= 0.3 is 5.97 Å². The molecule has 9 heterocycles. The number of hydrogen-bond donors (Lipinski definition) is 3. The van der Waals surface area contributed by atoms with Gasteiger partial charge in [0.1, 0.15) is 20.7 Å². The van der Waals surface area contributed by atoms with Crippen molar-refractivity contribution in [2.75, 3.05) is 61.1 Å². The van der Waals surface area contributed by atoms with Gasteiger partial charge in [-0.2, -0.15) is 0 Å². The number of nitrogens with two attached hydrogens (primary N) is 3. The molecule has 80 heavy (non-hydrogen) atoms. The number of fused-ring (bicyclic) bond motifs is 1. The number of ether oxygens (including phenoxy) is 1. The zero-order chi connectivity index (χ0) is 56.3. The lowest BCUT2D eigenvalue weighted by molar-refractivity contribution is 0.0595. The van der Waals surface area contributed by atoms with Crippen molar-refractivity contribution in [3.05, 3.63) is 143 Å². The van der Waals surface area contributed by atoms with Gasteiger partial charge in [0.2, 0.25) is 27.7 Å². The molecule has 0 amide bonds. The molecule has 2 atom stereocenters. The summed E-state index contributed by atoms with van der Waals surface area (Å²) >= 11 is 6.51. The Labute approximate surface area is 473 Å². The standard InChI is InChI=1S/C20H23N7O3S.C13H9BrN4O.C12H8BrN5O.C6H7N3O2/c1-2-31(28,29)27-11-14-9-26(10-15(14)12-27)16-8-22-18(21)17(23-16)20-25-24-19(30-20)13-6-4-3-5-7-13;1-8-11(16-10(14)7-15-8)13-18-17-12(19-13)9-5-3-2-4-6-9;13-8-6-15-10(14)9(16-8)12-18-17-11(19-12)7-4-2-1-3-5-7;1-11-6(10)4-5(7)9-3-2-8-4/h3-8,14-15H,2,9-12H2,1H3,(H2,21,22);2-7H,1H3;1-6H,(H2,14,15);2-3H,1H3,(H2,7,9). The largest absolute Gasteiger partial charge is 0.464 e. The van der Waals surface area contributed by atoms with Gasteiger partial charge in [0.05, 0.1) is 37.1 Å². The number of rotatable bonds is 10. The van der Waals surface area contributed by atoms with E-state index < -0.39 is 16.0 Å². The van der Waals surface area contributed by atoms with E-state index in [1.165, 1.54) is 25.7 Å². The minimum absolute atomic E-state index is 0.0509. The van der Waals surface area contributed by atoms with Crippen LogP contribution in [0.4, 0.5) is 23.3 Å². The van der Waals surface area contributed by atoms with Gasteiger partial charge in [-0.1, -0.05) is 54.6 Å². The van der Waals surface area contributed by atoms with E-state index in [9.17, 15) is 13.2 Å². The summed E-state index contributed by atoms with van der Waals surface area (Å²) in [7, 11) is -1.89. The van der Waals surface area contributed by atoms with E-state index in [2.05, 4.69) is 112 Å². The predicted molar refractivity (Wildman–Crippen MR) is 299 cm³/mol. The Morgan fingerprint density at radius 3 is 1.48 bits per heavy atom. The van der Waals surface area contributed by atoms with E-state index in [0.717, 1.165) is 35.5 Å². The van der Waals surface area contributed by atoms with Crippen LogP contribution in [-0.4, -0.2) is 128 Å². The minimum atomic E-state index is -3.15. The highest BCUT2D eigenvalue weighted by Crippen LogP contribution is 2.36. The van der Waals surface area contributed by atoms with Crippen molar-refractivity contribution in [2.24, 2.45) is 11.8 Å². The maximum absolute atomic E-state index is 12.2. The maximum atomic E-state index is 12.2. The number of hydrogen-bond acceptors (Lipinski definition) is 25. The molecular weight excluding hydrogens is 1180 g/mol. The van der Waals surface area contributed by atoms with E-state index >= 15 is 0 Å². The van der Waals surface area contributed by atoms with Crippen molar-refractivity contribution >= 4 is 71.1 Å². The van der Waals surface area contributed by atoms with Crippen molar-refractivity contribution < 1.29 is 31.2 Å². The molecule has 0 spiro atoms. The fraction of sp³-hybridized carbons (Fsp3) is 0.196. The third-order valence-corrected chi connectivity index (χ3v) is 14.6. The molecule has 0 radical (unpaired) electrons. The van der Waals surface area contributed by atoms with Gasteiger partial charge in [-0.05, 0) is 93.9 Å². The topological polar surface area (TPSA) is 365 Å². The molecule has 2 aliphatic rings. The quantitative estimate of drug-likeness (QED) is 0.114. The molecule has 12 rings (SSSR count). The number of nitrogens with zero attached hydrogens (tertiary/aromatic N) is 16. The Balaban J connectivity index is 0.000000137. The monoisotopic (exact) mass is 1230 g/mol. The molecule has 0 aliphatic carbocycles. The second-order valence-corrected chi connectivity index (χ2v) is 21.2. The molecule has 2 unspecified atom stereocenters. The van der Waals surface area contributed by atoms with E-state index in [1.54, 1.807) is 23.6 Å². The third-order valence-electron chi connectivity index (χ3n) is 12.1. The fourth-order valence-electron chi connectivity index (χ4n) is 8.06. The first-order valence-corrected chi connectivity index (χ1v) is 27.3. The molecule has 2 saturated heterocycles. The second-order valence-electron chi connectivity index (χ2n) is 17.3. The van der Waals surface area contributed by atoms with Crippen LogP contribution in [0.3, 0.4) is 0 Å². The number of methoxy groups -OCH3 is 1. The summed E-state index contributed by atoms with van der Waals surface area (Å²) in [5, 5.41) is 24.2. The van der Waals surface area contributed by atoms with Crippen LogP contribution in [0.25, 0.3) is 69.1 Å². The Hall–Kier alpha value is -9.06. The average molecular weight is 1230 g/mol. The highest BCUT2D eigenvalue weighted by atomic mass is 79.9. The van der Waals surface area contributed by atoms with Gasteiger partial charge in [0.15, 0.2) is 34.5 Å². The number of sulfonamides is 1. The predicted octanol–water partition coefficient (Wildman–Crippen LogP) is 7.14. The summed E-state index contributed by atoms with van der Waals surface area (Å²) in [4.78, 5) is 45.9. The summed E-state index contributed by atoms with van der Waals surface area (Å²) in [6, 6.07) is 28.5. The van der Waals surface area contributed by atoms with Crippen molar-refractivity contribution in [2.45, 2.75) is 13.8 Å². The van der Waals surface area contributed by atoms with Crippen LogP contribution in [0, 0.1) is 18.8 Å². The normalized spacial score (nSPS) is 14.6. The van der Waals surface area contributed by atoms with Gasteiger partial charge in [0.25, 0.3) is 17.7 Å². The van der Waals surface area contributed by atoms with E-state index in [-0.39, 0.29) is 52.5 Å². The van der Waals surface area contributed by atoms with Gasteiger partial charge in [0, 0.05) is 55.3 Å². The lowest BCUT2D eigenvalue weighted by Crippen LogP contribution is -2.34. The molecule has 6 N–H and O–H groups in total. The molecule has 2 aliphatic heterocycles. The van der Waals surface area contributed by atoms with Crippen molar-refractivity contribution in [3.63, 3.8) is 0 Å². The number of carbonyl (C=O) groups is 1. The second kappa shape index (κ2) is 25.2. The fourth-order valence-corrected chi connectivity index (χ4v) is 9.82. The van der Waals surface area contributed by atoms with Gasteiger partial charge in [-0.25, -0.2) is 52.4 Å². The number of benzene rings is 3. The van der Waals surface area contributed by atoms with Crippen LogP contribution < -0.4 is 22.1 Å². The maximum Gasteiger partial charge on any atom is 0.360 e. The van der Waals surface area contributed by atoms with Gasteiger partial charge in [-0.15, -0.1) is 30.6 Å². The number of carbonyl (C=O) groups excluding carboxylic acids is 1. The van der Waals surface area contributed by atoms with Crippen LogP contribution >= 0.6 is 31.9 Å². The molecule has 3 aromatic carbocycles. The molecule has 408 valence electrons. The summed E-state index contributed by atoms with van der Waals surface area (Å²) in [6.07, 6.45) is 7.56. The molecular formula is C51H47Br2N19O7S. The first kappa shape index (κ1) is 55.7. The van der Waals surface area contributed by atoms with Crippen LogP contribution in [0.2, 0.25) is 0 Å². The smallest absolute Gasteiger partial charge is 0.360 e. The number of anilines is 4. The number of nitrogen functional groups attached to an aromatic ring is 3. The first-order chi connectivity index (χ1) is 38.7. The zero-order valence-electron chi connectivity index (χ0n) is 42.6. The van der Waals surface area contributed by atoms with Gasteiger partial charge < -0.3 is 40.1 Å². The summed E-state index contributed by atoms with van der Waals surface area (Å²) in [5.74, 6) is 3.41.